The van der Waals surface area contributed by atoms with E-state index < -0.39 is 5.91 Å². The molecule has 0 aliphatic rings. The van der Waals surface area contributed by atoms with Gasteiger partial charge in [0, 0.05) is 16.1 Å². The summed E-state index contributed by atoms with van der Waals surface area (Å²) in [5.74, 6) is -0.495. The van der Waals surface area contributed by atoms with Crippen LogP contribution < -0.4 is 11.5 Å². The lowest BCUT2D eigenvalue weighted by molar-refractivity contribution is 0.0777. The van der Waals surface area contributed by atoms with Crippen LogP contribution in [0.25, 0.3) is 0 Å². The van der Waals surface area contributed by atoms with Crippen LogP contribution in [0.1, 0.15) is 36.2 Å². The largest absolute Gasteiger partial charge is 0.375 e. The van der Waals surface area contributed by atoms with E-state index in [1.807, 2.05) is 13.8 Å². The molecule has 0 saturated heterocycles. The van der Waals surface area contributed by atoms with Crippen LogP contribution >= 0.6 is 11.6 Å². The van der Waals surface area contributed by atoms with Crippen molar-refractivity contribution in [3.8, 4) is 0 Å². The second kappa shape index (κ2) is 6.18. The van der Waals surface area contributed by atoms with E-state index in [0.717, 1.165) is 12.0 Å². The number of carbonyl (C=O) groups excluding carboxylic acids is 1. The smallest absolute Gasteiger partial charge is 0.248 e. The molecule has 4 N–H and O–H groups in total. The Kier molecular flexibility index (Phi) is 5.14. The van der Waals surface area contributed by atoms with Gasteiger partial charge in [0.15, 0.2) is 0 Å². The Labute approximate surface area is 112 Å². The Morgan fingerprint density at radius 2 is 2.17 bits per heavy atom. The van der Waals surface area contributed by atoms with Crippen molar-refractivity contribution in [3.05, 3.63) is 34.3 Å². The van der Waals surface area contributed by atoms with Crippen molar-refractivity contribution >= 4 is 17.5 Å². The molecule has 1 amide bonds. The van der Waals surface area contributed by atoms with Crippen molar-refractivity contribution in [1.29, 1.82) is 0 Å². The molecule has 0 spiro atoms. The topological polar surface area (TPSA) is 78.3 Å². The van der Waals surface area contributed by atoms with Gasteiger partial charge in [0.05, 0.1) is 13.2 Å². The van der Waals surface area contributed by atoms with Crippen LogP contribution in [-0.4, -0.2) is 18.1 Å². The van der Waals surface area contributed by atoms with Gasteiger partial charge in [-0.2, -0.15) is 0 Å². The van der Waals surface area contributed by atoms with Crippen molar-refractivity contribution in [2.24, 2.45) is 11.5 Å². The molecule has 1 aromatic carbocycles. The number of benzene rings is 1. The van der Waals surface area contributed by atoms with Crippen molar-refractivity contribution < 1.29 is 9.53 Å². The average Bonchev–Trinajstić information content (AvgIpc) is 2.31. The Hall–Kier alpha value is -1.10. The van der Waals surface area contributed by atoms with Crippen LogP contribution in [0.15, 0.2) is 18.2 Å². The highest BCUT2D eigenvalue weighted by molar-refractivity contribution is 6.31. The van der Waals surface area contributed by atoms with Gasteiger partial charge in [-0.05, 0) is 31.0 Å². The quantitative estimate of drug-likeness (QED) is 0.831. The predicted molar refractivity (Wildman–Crippen MR) is 72.5 cm³/mol. The molecule has 0 bridgehead atoms. The summed E-state index contributed by atoms with van der Waals surface area (Å²) in [4.78, 5) is 11.0. The number of halogens is 1. The number of primary amides is 1. The van der Waals surface area contributed by atoms with E-state index >= 15 is 0 Å². The molecule has 5 heteroatoms. The van der Waals surface area contributed by atoms with Crippen LogP contribution in [0.5, 0.6) is 0 Å². The summed E-state index contributed by atoms with van der Waals surface area (Å²) in [6.45, 7) is 4.77. The van der Waals surface area contributed by atoms with Gasteiger partial charge in [0.2, 0.25) is 5.91 Å². The zero-order valence-corrected chi connectivity index (χ0v) is 11.5. The third-order valence-corrected chi connectivity index (χ3v) is 3.19. The molecule has 1 aromatic rings. The molecule has 4 nitrogen and oxygen atoms in total. The number of carbonyl (C=O) groups is 1. The minimum atomic E-state index is -0.495. The first-order chi connectivity index (χ1) is 8.35. The molecule has 18 heavy (non-hydrogen) atoms. The number of rotatable bonds is 6. The molecule has 1 unspecified atom stereocenters. The maximum absolute atomic E-state index is 11.0. The predicted octanol–water partition coefficient (Wildman–Crippen LogP) is 2.08. The fourth-order valence-corrected chi connectivity index (χ4v) is 1.55. The molecular weight excluding hydrogens is 252 g/mol. The Morgan fingerprint density at radius 3 is 2.67 bits per heavy atom. The first-order valence-electron chi connectivity index (χ1n) is 5.80. The maximum atomic E-state index is 11.0. The minimum Gasteiger partial charge on any atom is -0.375 e. The highest BCUT2D eigenvalue weighted by atomic mass is 35.5. The van der Waals surface area contributed by atoms with Gasteiger partial charge in [0.25, 0.3) is 0 Å². The molecule has 1 rings (SSSR count). The normalized spacial score (nSPS) is 14.2. The maximum Gasteiger partial charge on any atom is 0.248 e. The summed E-state index contributed by atoms with van der Waals surface area (Å²) in [5, 5.41) is 0.474. The van der Waals surface area contributed by atoms with Gasteiger partial charge in [-0.15, -0.1) is 0 Å². The molecule has 0 aliphatic carbocycles. The Morgan fingerprint density at radius 1 is 1.50 bits per heavy atom. The van der Waals surface area contributed by atoms with Gasteiger partial charge in [-0.1, -0.05) is 24.6 Å². The molecule has 0 aromatic heterocycles. The minimum absolute atomic E-state index is 0.334. The van der Waals surface area contributed by atoms with E-state index in [2.05, 4.69) is 0 Å². The number of ether oxygens (including phenoxy) is 1. The second-order valence-electron chi connectivity index (χ2n) is 4.67. The van der Waals surface area contributed by atoms with Crippen molar-refractivity contribution in [2.75, 3.05) is 6.61 Å². The molecule has 1 atom stereocenters. The molecule has 0 fully saturated rings. The molecule has 0 heterocycles. The van der Waals surface area contributed by atoms with Crippen molar-refractivity contribution in [3.63, 3.8) is 0 Å². The van der Waals surface area contributed by atoms with E-state index in [1.54, 1.807) is 18.2 Å². The van der Waals surface area contributed by atoms with Crippen LogP contribution in [-0.2, 0) is 11.3 Å². The molecule has 100 valence electrons. The van der Waals surface area contributed by atoms with Crippen LogP contribution in [0.4, 0.5) is 0 Å². The lowest BCUT2D eigenvalue weighted by Crippen LogP contribution is -2.40. The third kappa shape index (κ3) is 4.29. The zero-order valence-electron chi connectivity index (χ0n) is 10.7. The lowest BCUT2D eigenvalue weighted by Gasteiger charge is -2.22. The van der Waals surface area contributed by atoms with Crippen LogP contribution in [0.2, 0.25) is 5.02 Å². The highest BCUT2D eigenvalue weighted by Gasteiger charge is 2.15. The van der Waals surface area contributed by atoms with Gasteiger partial charge in [0.1, 0.15) is 0 Å². The molecular formula is C13H19ClN2O2. The Balaban J connectivity index is 2.61. The van der Waals surface area contributed by atoms with E-state index in [0.29, 0.717) is 23.8 Å². The Bertz CT molecular complexity index is 433. The summed E-state index contributed by atoms with van der Waals surface area (Å²) < 4.78 is 5.53. The summed E-state index contributed by atoms with van der Waals surface area (Å²) in [7, 11) is 0. The summed E-state index contributed by atoms with van der Waals surface area (Å²) in [6.07, 6.45) is 0.835. The van der Waals surface area contributed by atoms with E-state index in [9.17, 15) is 4.79 Å². The fourth-order valence-electron chi connectivity index (χ4n) is 1.31. The van der Waals surface area contributed by atoms with Crippen LogP contribution in [0.3, 0.4) is 0 Å². The molecule has 0 radical (unpaired) electrons. The SMILES string of the molecule is CCC(C)(N)COCc1ccc(C(N)=O)cc1Cl. The van der Waals surface area contributed by atoms with Gasteiger partial charge in [-0.25, -0.2) is 0 Å². The second-order valence-corrected chi connectivity index (χ2v) is 5.08. The zero-order chi connectivity index (χ0) is 13.8. The van der Waals surface area contributed by atoms with Crippen molar-refractivity contribution in [1.82, 2.24) is 0 Å². The van der Waals surface area contributed by atoms with Gasteiger partial charge < -0.3 is 16.2 Å². The first-order valence-corrected chi connectivity index (χ1v) is 6.18. The number of hydrogen-bond donors (Lipinski definition) is 2. The van der Waals surface area contributed by atoms with E-state index in [-0.39, 0.29) is 5.54 Å². The van der Waals surface area contributed by atoms with Crippen LogP contribution in [0, 0.1) is 0 Å². The highest BCUT2D eigenvalue weighted by Crippen LogP contribution is 2.19. The van der Waals surface area contributed by atoms with Gasteiger partial charge in [-0.3, -0.25) is 4.79 Å². The fraction of sp³-hybridized carbons (Fsp3) is 0.462. The third-order valence-electron chi connectivity index (χ3n) is 2.83. The van der Waals surface area contributed by atoms with Crippen molar-refractivity contribution in [2.45, 2.75) is 32.4 Å². The van der Waals surface area contributed by atoms with Gasteiger partial charge >= 0.3 is 0 Å². The number of nitrogens with two attached hydrogens (primary N) is 2. The lowest BCUT2D eigenvalue weighted by atomic mass is 10.0. The monoisotopic (exact) mass is 270 g/mol. The summed E-state index contributed by atoms with van der Waals surface area (Å²) in [5.41, 5.74) is 12.0. The molecule has 0 saturated carbocycles. The van der Waals surface area contributed by atoms with E-state index in [4.69, 9.17) is 27.8 Å². The molecule has 0 aliphatic heterocycles. The number of hydrogen-bond acceptors (Lipinski definition) is 3. The summed E-state index contributed by atoms with van der Waals surface area (Å²) in [6, 6.07) is 4.92. The summed E-state index contributed by atoms with van der Waals surface area (Å²) >= 11 is 6.04. The average molecular weight is 271 g/mol. The first kappa shape index (κ1) is 15.0. The standard InChI is InChI=1S/C13H19ClN2O2/c1-3-13(2,16)8-18-7-10-5-4-9(12(15)17)6-11(10)14/h4-6H,3,7-8,16H2,1-2H3,(H2,15,17). The number of amides is 1. The van der Waals surface area contributed by atoms with E-state index in [1.165, 1.54) is 0 Å².